The van der Waals surface area contributed by atoms with Gasteiger partial charge >= 0.3 is 6.09 Å². The minimum absolute atomic E-state index is 0.221. The van der Waals surface area contributed by atoms with E-state index in [2.05, 4.69) is 5.32 Å². The van der Waals surface area contributed by atoms with Gasteiger partial charge in [0.05, 0.1) is 6.04 Å². The molecule has 18 heavy (non-hydrogen) atoms. The maximum absolute atomic E-state index is 11.6. The first-order valence-corrected chi connectivity index (χ1v) is 6.36. The van der Waals surface area contributed by atoms with Gasteiger partial charge in [0.15, 0.2) is 6.29 Å². The summed E-state index contributed by atoms with van der Waals surface area (Å²) in [5.41, 5.74) is 4.89. The Balaban J connectivity index is 2.38. The number of amides is 1. The number of carbonyl (C=O) groups is 1. The van der Waals surface area contributed by atoms with Crippen LogP contribution in [0.1, 0.15) is 40.0 Å². The molecule has 6 heteroatoms. The summed E-state index contributed by atoms with van der Waals surface area (Å²) in [7, 11) is 0. The Labute approximate surface area is 108 Å². The fraction of sp³-hybridized carbons (Fsp3) is 0.917. The zero-order valence-electron chi connectivity index (χ0n) is 11.3. The van der Waals surface area contributed by atoms with Crippen molar-refractivity contribution in [3.05, 3.63) is 0 Å². The SMILES string of the molecule is CC(C)(C)OC(=O)N[C@@H](CCCCN)C1OC1O. The van der Waals surface area contributed by atoms with E-state index in [1.165, 1.54) is 0 Å². The number of aliphatic hydroxyl groups excluding tert-OH is 1. The van der Waals surface area contributed by atoms with Crippen LogP contribution < -0.4 is 11.1 Å². The molecule has 0 saturated carbocycles. The Hall–Kier alpha value is -0.850. The molecule has 1 aliphatic heterocycles. The van der Waals surface area contributed by atoms with Crippen LogP contribution >= 0.6 is 0 Å². The van der Waals surface area contributed by atoms with E-state index in [0.717, 1.165) is 19.3 Å². The Morgan fingerprint density at radius 2 is 2.11 bits per heavy atom. The van der Waals surface area contributed by atoms with Crippen molar-refractivity contribution in [2.45, 2.75) is 64.1 Å². The van der Waals surface area contributed by atoms with Crippen molar-refractivity contribution < 1.29 is 19.4 Å². The molecule has 0 bridgehead atoms. The molecule has 1 heterocycles. The van der Waals surface area contributed by atoms with Gasteiger partial charge in [-0.15, -0.1) is 0 Å². The molecule has 106 valence electrons. The molecular formula is C12H24N2O4. The summed E-state index contributed by atoms with van der Waals surface area (Å²) < 4.78 is 10.2. The number of rotatable bonds is 6. The summed E-state index contributed by atoms with van der Waals surface area (Å²) >= 11 is 0. The number of carbonyl (C=O) groups excluding carboxylic acids is 1. The molecule has 1 saturated heterocycles. The van der Waals surface area contributed by atoms with Crippen molar-refractivity contribution in [2.75, 3.05) is 6.54 Å². The lowest BCUT2D eigenvalue weighted by Gasteiger charge is -2.22. The molecule has 1 aliphatic rings. The third-order valence-electron chi connectivity index (χ3n) is 2.57. The van der Waals surface area contributed by atoms with Gasteiger partial charge in [-0.3, -0.25) is 0 Å². The number of ether oxygens (including phenoxy) is 2. The monoisotopic (exact) mass is 260 g/mol. The number of nitrogens with one attached hydrogen (secondary N) is 1. The first kappa shape index (κ1) is 15.2. The average Bonchev–Trinajstić information content (AvgIpc) is 2.91. The standard InChI is InChI=1S/C12H24N2O4/c1-12(2,3)18-11(16)14-8(6-4-5-7-13)9-10(15)17-9/h8-10,15H,4-7,13H2,1-3H3,(H,14,16)/t8-,9?,10?/m0/s1. The number of alkyl carbamates (subject to hydrolysis) is 1. The maximum atomic E-state index is 11.6. The quantitative estimate of drug-likeness (QED) is 0.483. The second-order valence-corrected chi connectivity index (χ2v) is 5.53. The number of nitrogens with two attached hydrogens (primary N) is 1. The Bertz CT molecular complexity index is 278. The minimum atomic E-state index is -0.775. The summed E-state index contributed by atoms with van der Waals surface area (Å²) in [4.78, 5) is 11.6. The van der Waals surface area contributed by atoms with Gasteiger partial charge in [0, 0.05) is 0 Å². The van der Waals surface area contributed by atoms with Gasteiger partial charge in [-0.05, 0) is 40.2 Å². The van der Waals surface area contributed by atoms with E-state index in [9.17, 15) is 9.90 Å². The zero-order chi connectivity index (χ0) is 13.8. The van der Waals surface area contributed by atoms with E-state index < -0.39 is 18.0 Å². The maximum Gasteiger partial charge on any atom is 0.407 e. The molecule has 0 radical (unpaired) electrons. The molecule has 0 aromatic rings. The highest BCUT2D eigenvalue weighted by atomic mass is 16.7. The van der Waals surface area contributed by atoms with Crippen LogP contribution in [0.25, 0.3) is 0 Å². The molecule has 3 atom stereocenters. The number of hydrogen-bond acceptors (Lipinski definition) is 5. The van der Waals surface area contributed by atoms with Crippen molar-refractivity contribution >= 4 is 6.09 Å². The van der Waals surface area contributed by atoms with Crippen molar-refractivity contribution in [1.29, 1.82) is 0 Å². The molecule has 4 N–H and O–H groups in total. The number of aliphatic hydroxyl groups is 1. The topological polar surface area (TPSA) is 97.1 Å². The molecule has 6 nitrogen and oxygen atoms in total. The number of epoxide rings is 1. The van der Waals surface area contributed by atoms with Gasteiger partial charge in [0.25, 0.3) is 0 Å². The van der Waals surface area contributed by atoms with Crippen LogP contribution in [-0.2, 0) is 9.47 Å². The van der Waals surface area contributed by atoms with E-state index in [0.29, 0.717) is 6.54 Å². The summed E-state index contributed by atoms with van der Waals surface area (Å²) in [6.07, 6.45) is 0.901. The lowest BCUT2D eigenvalue weighted by atomic mass is 10.1. The summed E-state index contributed by atoms with van der Waals surface area (Å²) in [6.45, 7) is 6.03. The Kier molecular flexibility index (Phi) is 5.37. The highest BCUT2D eigenvalue weighted by molar-refractivity contribution is 5.68. The largest absolute Gasteiger partial charge is 0.444 e. The first-order chi connectivity index (χ1) is 8.33. The molecule has 1 fully saturated rings. The molecule has 1 rings (SSSR count). The van der Waals surface area contributed by atoms with Gasteiger partial charge in [-0.1, -0.05) is 6.42 Å². The van der Waals surface area contributed by atoms with Crippen molar-refractivity contribution in [1.82, 2.24) is 5.32 Å². The molecule has 0 aromatic carbocycles. The van der Waals surface area contributed by atoms with Crippen molar-refractivity contribution in [2.24, 2.45) is 5.73 Å². The van der Waals surface area contributed by atoms with Gasteiger partial charge in [-0.25, -0.2) is 4.79 Å². The summed E-state index contributed by atoms with van der Waals surface area (Å²) in [6, 6.07) is -0.221. The van der Waals surface area contributed by atoms with Crippen molar-refractivity contribution in [3.8, 4) is 0 Å². The second-order valence-electron chi connectivity index (χ2n) is 5.53. The number of unbranched alkanes of at least 4 members (excludes halogenated alkanes) is 1. The van der Waals surface area contributed by atoms with Crippen LogP contribution in [0.3, 0.4) is 0 Å². The Morgan fingerprint density at radius 3 is 2.56 bits per heavy atom. The molecule has 2 unspecified atom stereocenters. The van der Waals surface area contributed by atoms with Crippen LogP contribution in [0.5, 0.6) is 0 Å². The van der Waals surface area contributed by atoms with Gasteiger partial charge < -0.3 is 25.6 Å². The molecule has 0 spiro atoms. The van der Waals surface area contributed by atoms with Crippen LogP contribution in [0.15, 0.2) is 0 Å². The second kappa shape index (κ2) is 6.36. The van der Waals surface area contributed by atoms with Gasteiger partial charge in [-0.2, -0.15) is 0 Å². The van der Waals surface area contributed by atoms with E-state index in [1.807, 2.05) is 0 Å². The van der Waals surface area contributed by atoms with Crippen LogP contribution in [0.4, 0.5) is 4.79 Å². The molecule has 1 amide bonds. The van der Waals surface area contributed by atoms with Crippen molar-refractivity contribution in [3.63, 3.8) is 0 Å². The predicted molar refractivity (Wildman–Crippen MR) is 66.9 cm³/mol. The predicted octanol–water partition coefficient (Wildman–Crippen LogP) is 0.726. The molecule has 0 aliphatic carbocycles. The smallest absolute Gasteiger partial charge is 0.407 e. The number of hydrogen-bond donors (Lipinski definition) is 3. The third kappa shape index (κ3) is 5.66. The normalized spacial score (nSPS) is 24.5. The van der Waals surface area contributed by atoms with E-state index >= 15 is 0 Å². The van der Waals surface area contributed by atoms with E-state index in [4.69, 9.17) is 15.2 Å². The summed E-state index contributed by atoms with van der Waals surface area (Å²) in [5, 5.41) is 12.0. The third-order valence-corrected chi connectivity index (χ3v) is 2.57. The first-order valence-electron chi connectivity index (χ1n) is 6.36. The average molecular weight is 260 g/mol. The lowest BCUT2D eigenvalue weighted by molar-refractivity contribution is 0.0491. The van der Waals surface area contributed by atoms with E-state index in [-0.39, 0.29) is 12.1 Å². The zero-order valence-corrected chi connectivity index (χ0v) is 11.3. The highest BCUT2D eigenvalue weighted by Crippen LogP contribution is 2.25. The van der Waals surface area contributed by atoms with Gasteiger partial charge in [0.2, 0.25) is 0 Å². The van der Waals surface area contributed by atoms with E-state index in [1.54, 1.807) is 20.8 Å². The molecule has 0 aromatic heterocycles. The minimum Gasteiger partial charge on any atom is -0.444 e. The summed E-state index contributed by atoms with van der Waals surface area (Å²) in [5.74, 6) is 0. The highest BCUT2D eigenvalue weighted by Gasteiger charge is 2.44. The lowest BCUT2D eigenvalue weighted by Crippen LogP contribution is -2.42. The Morgan fingerprint density at radius 1 is 1.50 bits per heavy atom. The van der Waals surface area contributed by atoms with Crippen LogP contribution in [0.2, 0.25) is 0 Å². The van der Waals surface area contributed by atoms with Crippen LogP contribution in [0, 0.1) is 0 Å². The van der Waals surface area contributed by atoms with Crippen LogP contribution in [-0.4, -0.2) is 41.8 Å². The fourth-order valence-corrected chi connectivity index (χ4v) is 1.70. The molecular weight excluding hydrogens is 236 g/mol. The fourth-order valence-electron chi connectivity index (χ4n) is 1.70. The van der Waals surface area contributed by atoms with Gasteiger partial charge in [0.1, 0.15) is 11.7 Å².